The van der Waals surface area contributed by atoms with E-state index in [4.69, 9.17) is 0 Å². The minimum atomic E-state index is 0.621. The van der Waals surface area contributed by atoms with E-state index in [1.165, 1.54) is 11.1 Å². The first-order chi connectivity index (χ1) is 9.52. The van der Waals surface area contributed by atoms with E-state index in [9.17, 15) is 0 Å². The van der Waals surface area contributed by atoms with Gasteiger partial charge in [-0.05, 0) is 44.9 Å². The van der Waals surface area contributed by atoms with Gasteiger partial charge in [-0.15, -0.1) is 5.10 Å². The van der Waals surface area contributed by atoms with Gasteiger partial charge in [0.15, 0.2) is 0 Å². The third-order valence-corrected chi connectivity index (χ3v) is 3.20. The number of anilines is 2. The Kier molecular flexibility index (Phi) is 2.89. The molecule has 1 aromatic carbocycles. The molecular weight excluding hydrogens is 250 g/mol. The lowest BCUT2D eigenvalue weighted by molar-refractivity contribution is 0.916. The van der Waals surface area contributed by atoms with Crippen molar-refractivity contribution in [1.29, 1.82) is 0 Å². The van der Waals surface area contributed by atoms with Crippen LogP contribution in [0.1, 0.15) is 22.6 Å². The topological polar surface area (TPSA) is 55.1 Å². The summed E-state index contributed by atoms with van der Waals surface area (Å²) in [6.45, 7) is 7.99. The largest absolute Gasteiger partial charge is 0.340 e. The Morgan fingerprint density at radius 2 is 1.80 bits per heavy atom. The molecule has 0 unspecified atom stereocenters. The Balaban J connectivity index is 2.12. The Morgan fingerprint density at radius 3 is 2.60 bits per heavy atom. The van der Waals surface area contributed by atoms with Crippen LogP contribution in [-0.2, 0) is 0 Å². The molecule has 2 heterocycles. The van der Waals surface area contributed by atoms with E-state index in [1.807, 2.05) is 19.9 Å². The SMILES string of the molecule is Cc1ccc(C)c(Nc2cc(C)nc3nc(C)nn23)c1. The first-order valence-electron chi connectivity index (χ1n) is 6.58. The van der Waals surface area contributed by atoms with Crippen molar-refractivity contribution in [3.63, 3.8) is 0 Å². The van der Waals surface area contributed by atoms with E-state index in [-0.39, 0.29) is 0 Å². The zero-order valence-electron chi connectivity index (χ0n) is 12.1. The summed E-state index contributed by atoms with van der Waals surface area (Å²) < 4.78 is 1.74. The Bertz CT molecular complexity index is 788. The van der Waals surface area contributed by atoms with Crippen molar-refractivity contribution in [2.75, 3.05) is 5.32 Å². The van der Waals surface area contributed by atoms with E-state index in [0.717, 1.165) is 17.2 Å². The summed E-state index contributed by atoms with van der Waals surface area (Å²) in [5, 5.41) is 7.81. The number of nitrogens with one attached hydrogen (secondary N) is 1. The number of aryl methyl sites for hydroxylation is 4. The van der Waals surface area contributed by atoms with Gasteiger partial charge in [0.2, 0.25) is 0 Å². The van der Waals surface area contributed by atoms with Gasteiger partial charge in [0.25, 0.3) is 5.78 Å². The lowest BCUT2D eigenvalue weighted by Crippen LogP contribution is -2.03. The average molecular weight is 267 g/mol. The Hall–Kier alpha value is -2.43. The second kappa shape index (κ2) is 4.59. The molecule has 0 atom stereocenters. The molecule has 0 saturated carbocycles. The number of hydrogen-bond acceptors (Lipinski definition) is 4. The summed E-state index contributed by atoms with van der Waals surface area (Å²) in [5.74, 6) is 2.21. The van der Waals surface area contributed by atoms with Crippen LogP contribution < -0.4 is 5.32 Å². The summed E-state index contributed by atoms with van der Waals surface area (Å²) >= 11 is 0. The number of rotatable bonds is 2. The predicted molar refractivity (Wildman–Crippen MR) is 79.5 cm³/mol. The van der Waals surface area contributed by atoms with E-state index >= 15 is 0 Å². The van der Waals surface area contributed by atoms with Crippen molar-refractivity contribution in [3.8, 4) is 0 Å². The van der Waals surface area contributed by atoms with Crippen molar-refractivity contribution >= 4 is 17.3 Å². The second-order valence-electron chi connectivity index (χ2n) is 5.10. The summed E-state index contributed by atoms with van der Waals surface area (Å²) in [7, 11) is 0. The molecule has 20 heavy (non-hydrogen) atoms. The van der Waals surface area contributed by atoms with E-state index in [0.29, 0.717) is 11.6 Å². The van der Waals surface area contributed by atoms with Crippen molar-refractivity contribution in [2.24, 2.45) is 0 Å². The molecule has 0 radical (unpaired) electrons. The van der Waals surface area contributed by atoms with Gasteiger partial charge in [0.1, 0.15) is 11.6 Å². The van der Waals surface area contributed by atoms with Crippen LogP contribution in [0.5, 0.6) is 0 Å². The number of fused-ring (bicyclic) bond motifs is 1. The predicted octanol–water partition coefficient (Wildman–Crippen LogP) is 3.10. The summed E-state index contributed by atoms with van der Waals surface area (Å²) in [6, 6.07) is 8.31. The normalized spacial score (nSPS) is 11.0. The molecule has 0 fully saturated rings. The van der Waals surface area contributed by atoms with Crippen molar-refractivity contribution < 1.29 is 0 Å². The standard InChI is InChI=1S/C15H17N5/c1-9-5-6-10(2)13(7-9)18-14-8-11(3)16-15-17-12(4)19-20(14)15/h5-8,18H,1-4H3. The van der Waals surface area contributed by atoms with Crippen molar-refractivity contribution in [2.45, 2.75) is 27.7 Å². The van der Waals surface area contributed by atoms with Gasteiger partial charge in [0.05, 0.1) is 0 Å². The minimum absolute atomic E-state index is 0.621. The second-order valence-corrected chi connectivity index (χ2v) is 5.10. The maximum atomic E-state index is 4.39. The summed E-state index contributed by atoms with van der Waals surface area (Å²) in [5.41, 5.74) is 4.40. The molecule has 0 spiro atoms. The van der Waals surface area contributed by atoms with Gasteiger partial charge in [-0.3, -0.25) is 0 Å². The fourth-order valence-corrected chi connectivity index (χ4v) is 2.18. The lowest BCUT2D eigenvalue weighted by Gasteiger charge is -2.11. The molecule has 0 aliphatic carbocycles. The lowest BCUT2D eigenvalue weighted by atomic mass is 10.1. The smallest absolute Gasteiger partial charge is 0.254 e. The highest BCUT2D eigenvalue weighted by Gasteiger charge is 2.09. The van der Waals surface area contributed by atoms with Crippen LogP contribution in [0.25, 0.3) is 5.78 Å². The van der Waals surface area contributed by atoms with Crippen LogP contribution in [-0.4, -0.2) is 19.6 Å². The first kappa shape index (κ1) is 12.6. The number of hydrogen-bond donors (Lipinski definition) is 1. The summed E-state index contributed by atoms with van der Waals surface area (Å²) in [6.07, 6.45) is 0. The van der Waals surface area contributed by atoms with Crippen LogP contribution >= 0.6 is 0 Å². The molecule has 3 aromatic rings. The molecule has 0 saturated heterocycles. The zero-order valence-corrected chi connectivity index (χ0v) is 12.1. The van der Waals surface area contributed by atoms with Crippen molar-refractivity contribution in [3.05, 3.63) is 46.9 Å². The highest BCUT2D eigenvalue weighted by atomic mass is 15.4. The molecule has 0 amide bonds. The molecule has 0 aliphatic rings. The first-order valence-corrected chi connectivity index (χ1v) is 6.58. The van der Waals surface area contributed by atoms with E-state index in [1.54, 1.807) is 4.52 Å². The third-order valence-electron chi connectivity index (χ3n) is 3.20. The Labute approximate surface area is 117 Å². The van der Waals surface area contributed by atoms with Gasteiger partial charge in [-0.2, -0.15) is 9.50 Å². The molecule has 102 valence electrons. The molecule has 0 bridgehead atoms. The fraction of sp³-hybridized carbons (Fsp3) is 0.267. The van der Waals surface area contributed by atoms with Crippen LogP contribution in [0.3, 0.4) is 0 Å². The average Bonchev–Trinajstić information content (AvgIpc) is 2.74. The molecule has 3 rings (SSSR count). The molecule has 2 aromatic heterocycles. The van der Waals surface area contributed by atoms with Crippen molar-refractivity contribution in [1.82, 2.24) is 19.6 Å². The summed E-state index contributed by atoms with van der Waals surface area (Å²) in [4.78, 5) is 8.71. The monoisotopic (exact) mass is 267 g/mol. The highest BCUT2D eigenvalue weighted by molar-refractivity contribution is 5.63. The van der Waals surface area contributed by atoms with Gasteiger partial charge in [-0.25, -0.2) is 4.98 Å². The third kappa shape index (κ3) is 2.22. The molecule has 1 N–H and O–H groups in total. The molecule has 5 heteroatoms. The Morgan fingerprint density at radius 1 is 1.00 bits per heavy atom. The number of nitrogens with zero attached hydrogens (tertiary/aromatic N) is 4. The van der Waals surface area contributed by atoms with E-state index < -0.39 is 0 Å². The van der Waals surface area contributed by atoms with E-state index in [2.05, 4.69) is 52.4 Å². The maximum absolute atomic E-state index is 4.39. The van der Waals surface area contributed by atoms with Crippen LogP contribution in [0.2, 0.25) is 0 Å². The van der Waals surface area contributed by atoms with Gasteiger partial charge in [-0.1, -0.05) is 12.1 Å². The zero-order chi connectivity index (χ0) is 14.3. The highest BCUT2D eigenvalue weighted by Crippen LogP contribution is 2.22. The van der Waals surface area contributed by atoms with Gasteiger partial charge in [0, 0.05) is 17.4 Å². The van der Waals surface area contributed by atoms with Gasteiger partial charge < -0.3 is 5.32 Å². The minimum Gasteiger partial charge on any atom is -0.340 e. The fourth-order valence-electron chi connectivity index (χ4n) is 2.18. The molecular formula is C15H17N5. The molecule has 5 nitrogen and oxygen atoms in total. The number of benzene rings is 1. The van der Waals surface area contributed by atoms with Crippen LogP contribution in [0.15, 0.2) is 24.3 Å². The van der Waals surface area contributed by atoms with Crippen LogP contribution in [0.4, 0.5) is 11.5 Å². The molecule has 0 aliphatic heterocycles. The quantitative estimate of drug-likeness (QED) is 0.775. The van der Waals surface area contributed by atoms with Gasteiger partial charge >= 0.3 is 0 Å². The van der Waals surface area contributed by atoms with Crippen LogP contribution in [0, 0.1) is 27.7 Å². The number of aromatic nitrogens is 4. The maximum Gasteiger partial charge on any atom is 0.254 e.